The Hall–Kier alpha value is -4.29. The van der Waals surface area contributed by atoms with Gasteiger partial charge in [-0.25, -0.2) is 4.79 Å². The molecule has 2 heterocycles. The largest absolute Gasteiger partial charge is 0.460 e. The monoisotopic (exact) mass is 580 g/mol. The van der Waals surface area contributed by atoms with Gasteiger partial charge in [0.1, 0.15) is 12.6 Å². The van der Waals surface area contributed by atoms with Crippen molar-refractivity contribution in [2.24, 2.45) is 0 Å². The van der Waals surface area contributed by atoms with E-state index in [0.29, 0.717) is 37.6 Å². The summed E-state index contributed by atoms with van der Waals surface area (Å²) in [5.74, 6) is -2.60. The van der Waals surface area contributed by atoms with E-state index in [1.54, 1.807) is 30.3 Å². The van der Waals surface area contributed by atoms with Gasteiger partial charge in [-0.05, 0) is 49.2 Å². The second-order valence-corrected chi connectivity index (χ2v) is 9.82. The Balaban J connectivity index is 1.10. The lowest BCUT2D eigenvalue weighted by atomic mass is 10.0. The first-order valence-electron chi connectivity index (χ1n) is 14.2. The minimum absolute atomic E-state index is 0.0624. The summed E-state index contributed by atoms with van der Waals surface area (Å²) in [6.07, 6.45) is 2.36. The van der Waals surface area contributed by atoms with Crippen LogP contribution in [0.1, 0.15) is 63.7 Å². The number of nitrogens with one attached hydrogen (secondary N) is 3. The molecule has 12 nitrogen and oxygen atoms in total. The number of imide groups is 2. The Morgan fingerprint density at radius 2 is 1.64 bits per heavy atom. The Labute approximate surface area is 244 Å². The molecule has 0 radical (unpaired) electrons. The fourth-order valence-corrected chi connectivity index (χ4v) is 4.65. The lowest BCUT2D eigenvalue weighted by molar-refractivity contribution is -0.136. The lowest BCUT2D eigenvalue weighted by Crippen LogP contribution is -2.54. The normalized spacial score (nSPS) is 16.3. The number of rotatable bonds is 16. The highest BCUT2D eigenvalue weighted by molar-refractivity contribution is 6.25. The molecule has 4 amide bonds. The third-order valence-electron chi connectivity index (χ3n) is 6.84. The molecule has 2 aromatic rings. The van der Waals surface area contributed by atoms with Crippen LogP contribution in [-0.2, 0) is 23.8 Å². The second kappa shape index (κ2) is 15.1. The van der Waals surface area contributed by atoms with Crippen LogP contribution in [-0.4, -0.2) is 86.7 Å². The maximum Gasteiger partial charge on any atom is 0.338 e. The summed E-state index contributed by atoms with van der Waals surface area (Å²) in [5.41, 5.74) is 2.31. The predicted molar refractivity (Wildman–Crippen MR) is 153 cm³/mol. The summed E-state index contributed by atoms with van der Waals surface area (Å²) < 4.78 is 16.3. The van der Waals surface area contributed by atoms with E-state index in [1.807, 2.05) is 12.1 Å². The minimum Gasteiger partial charge on any atom is -0.460 e. The maximum atomic E-state index is 13.1. The van der Waals surface area contributed by atoms with Crippen molar-refractivity contribution >= 4 is 41.0 Å². The molecule has 1 saturated heterocycles. The topological polar surface area (TPSA) is 152 Å². The van der Waals surface area contributed by atoms with E-state index in [9.17, 15) is 24.0 Å². The molecule has 2 aliphatic rings. The zero-order chi connectivity index (χ0) is 29.9. The van der Waals surface area contributed by atoms with Crippen LogP contribution in [0.2, 0.25) is 0 Å². The molecule has 2 aliphatic heterocycles. The van der Waals surface area contributed by atoms with Crippen LogP contribution < -0.4 is 16.0 Å². The Kier molecular flexibility index (Phi) is 11.0. The fraction of sp³-hybridized carbons (Fsp3) is 0.433. The molecule has 0 spiro atoms. The molecule has 0 bridgehead atoms. The summed E-state index contributed by atoms with van der Waals surface area (Å²) in [6, 6.07) is 11.0. The number of benzene rings is 2. The number of piperidine rings is 1. The summed E-state index contributed by atoms with van der Waals surface area (Å²) >= 11 is 0. The smallest absolute Gasteiger partial charge is 0.338 e. The van der Waals surface area contributed by atoms with Crippen molar-refractivity contribution < 1.29 is 38.2 Å². The maximum absolute atomic E-state index is 13.1. The van der Waals surface area contributed by atoms with E-state index in [2.05, 4.69) is 22.9 Å². The molecule has 2 aromatic carbocycles. The van der Waals surface area contributed by atoms with Gasteiger partial charge in [-0.15, -0.1) is 0 Å². The number of esters is 1. The molecule has 0 aromatic heterocycles. The number of carbonyl (C=O) groups is 5. The molecule has 12 heteroatoms. The van der Waals surface area contributed by atoms with E-state index in [0.717, 1.165) is 30.0 Å². The third kappa shape index (κ3) is 7.71. The third-order valence-corrected chi connectivity index (χ3v) is 6.84. The Morgan fingerprint density at radius 3 is 2.38 bits per heavy atom. The number of carbonyl (C=O) groups excluding carboxylic acids is 5. The number of anilines is 2. The molecule has 0 saturated carbocycles. The quantitative estimate of drug-likeness (QED) is 0.153. The van der Waals surface area contributed by atoms with Crippen molar-refractivity contribution in [3.63, 3.8) is 0 Å². The molecule has 224 valence electrons. The van der Waals surface area contributed by atoms with Gasteiger partial charge in [0.05, 0.1) is 43.1 Å². The van der Waals surface area contributed by atoms with Crippen molar-refractivity contribution in [3.8, 4) is 0 Å². The SMILES string of the molecule is CCCCNc1ccc(C(=O)OCCOCCOCCNc2cccc3c2C(=O)N(C2CCC(=O)NC2=O)C3=O)cc1. The average molecular weight is 581 g/mol. The Bertz CT molecular complexity index is 1300. The number of unbranched alkanes of at least 4 members (excludes halogenated alkanes) is 1. The van der Waals surface area contributed by atoms with Gasteiger partial charge in [-0.3, -0.25) is 29.4 Å². The number of amides is 4. The van der Waals surface area contributed by atoms with E-state index in [4.69, 9.17) is 14.2 Å². The van der Waals surface area contributed by atoms with Crippen LogP contribution in [0.5, 0.6) is 0 Å². The first-order valence-corrected chi connectivity index (χ1v) is 14.2. The van der Waals surface area contributed by atoms with Crippen LogP contribution in [0.15, 0.2) is 42.5 Å². The average Bonchev–Trinajstić information content (AvgIpc) is 3.24. The van der Waals surface area contributed by atoms with Crippen LogP contribution in [0.3, 0.4) is 0 Å². The minimum atomic E-state index is -1.01. The van der Waals surface area contributed by atoms with Gasteiger partial charge in [0.15, 0.2) is 0 Å². The first-order chi connectivity index (χ1) is 20.4. The van der Waals surface area contributed by atoms with E-state index >= 15 is 0 Å². The molecule has 0 aliphatic carbocycles. The summed E-state index contributed by atoms with van der Waals surface area (Å²) in [7, 11) is 0. The van der Waals surface area contributed by atoms with Crippen molar-refractivity contribution in [1.29, 1.82) is 0 Å². The molecule has 3 N–H and O–H groups in total. The fourth-order valence-electron chi connectivity index (χ4n) is 4.65. The molecular formula is C30H36N4O8. The van der Waals surface area contributed by atoms with Crippen LogP contribution in [0.25, 0.3) is 0 Å². The molecular weight excluding hydrogens is 544 g/mol. The van der Waals surface area contributed by atoms with Crippen LogP contribution >= 0.6 is 0 Å². The summed E-state index contributed by atoms with van der Waals surface area (Å²) in [5, 5.41) is 8.60. The first kappa shape index (κ1) is 30.7. The number of hydrogen-bond donors (Lipinski definition) is 3. The zero-order valence-corrected chi connectivity index (χ0v) is 23.6. The van der Waals surface area contributed by atoms with Crippen molar-refractivity contribution in [2.45, 2.75) is 38.6 Å². The van der Waals surface area contributed by atoms with Gasteiger partial charge in [0.2, 0.25) is 11.8 Å². The highest BCUT2D eigenvalue weighted by Gasteiger charge is 2.45. The van der Waals surface area contributed by atoms with E-state index in [-0.39, 0.29) is 37.2 Å². The number of fused-ring (bicyclic) bond motifs is 1. The standard InChI is InChI=1S/C30H36N4O8/c1-2-3-13-31-21-9-7-20(8-10-21)30(39)42-19-18-41-17-16-40-15-14-32-23-6-4-5-22-26(23)29(38)34(28(22)37)24-11-12-25(35)33-27(24)36/h4-10,24,31-32H,2-3,11-19H2,1H3,(H,33,35,36). The summed E-state index contributed by atoms with van der Waals surface area (Å²) in [4.78, 5) is 62.9. The molecule has 4 rings (SSSR count). The number of hydrogen-bond acceptors (Lipinski definition) is 10. The van der Waals surface area contributed by atoms with Gasteiger partial charge in [-0.1, -0.05) is 19.4 Å². The van der Waals surface area contributed by atoms with Crippen molar-refractivity contribution in [2.75, 3.05) is 56.8 Å². The van der Waals surface area contributed by atoms with Gasteiger partial charge in [0, 0.05) is 30.9 Å². The molecule has 1 atom stereocenters. The number of nitrogens with zero attached hydrogens (tertiary/aromatic N) is 1. The van der Waals surface area contributed by atoms with E-state index < -0.39 is 35.6 Å². The predicted octanol–water partition coefficient (Wildman–Crippen LogP) is 2.60. The van der Waals surface area contributed by atoms with Crippen molar-refractivity contribution in [3.05, 3.63) is 59.2 Å². The van der Waals surface area contributed by atoms with E-state index in [1.165, 1.54) is 0 Å². The van der Waals surface area contributed by atoms with Crippen LogP contribution in [0.4, 0.5) is 11.4 Å². The van der Waals surface area contributed by atoms with Gasteiger partial charge in [-0.2, -0.15) is 0 Å². The zero-order valence-electron chi connectivity index (χ0n) is 23.6. The highest BCUT2D eigenvalue weighted by Crippen LogP contribution is 2.32. The van der Waals surface area contributed by atoms with Crippen LogP contribution in [0, 0.1) is 0 Å². The van der Waals surface area contributed by atoms with Gasteiger partial charge >= 0.3 is 5.97 Å². The highest BCUT2D eigenvalue weighted by atomic mass is 16.6. The lowest BCUT2D eigenvalue weighted by Gasteiger charge is -2.27. The summed E-state index contributed by atoms with van der Waals surface area (Å²) in [6.45, 7) is 4.68. The Morgan fingerprint density at radius 1 is 0.905 bits per heavy atom. The van der Waals surface area contributed by atoms with Gasteiger partial charge < -0.3 is 24.8 Å². The molecule has 1 fully saturated rings. The number of ether oxygens (including phenoxy) is 3. The molecule has 1 unspecified atom stereocenters. The van der Waals surface area contributed by atoms with Crippen molar-refractivity contribution in [1.82, 2.24) is 10.2 Å². The second-order valence-electron chi connectivity index (χ2n) is 9.82. The molecule has 42 heavy (non-hydrogen) atoms. The van der Waals surface area contributed by atoms with Gasteiger partial charge in [0.25, 0.3) is 11.8 Å².